The van der Waals surface area contributed by atoms with Crippen molar-refractivity contribution in [2.45, 2.75) is 20.4 Å². The highest BCUT2D eigenvalue weighted by atomic mass is 16.5. The summed E-state index contributed by atoms with van der Waals surface area (Å²) in [5.41, 5.74) is 1.68. The smallest absolute Gasteiger partial charge is 0.244 e. The average Bonchev–Trinajstić information content (AvgIpc) is 2.66. The number of carbonyl (C=O) groups is 1. The van der Waals surface area contributed by atoms with Gasteiger partial charge in [0.15, 0.2) is 11.5 Å². The Labute approximate surface area is 153 Å². The SMILES string of the molecule is CCOc1cc(/C=C/C(=O)NCc2cccnc2OCC)ccc1OC. The molecule has 0 aliphatic rings. The van der Waals surface area contributed by atoms with E-state index < -0.39 is 0 Å². The molecule has 138 valence electrons. The normalized spacial score (nSPS) is 10.6. The number of aromatic nitrogens is 1. The van der Waals surface area contributed by atoms with E-state index in [0.717, 1.165) is 11.1 Å². The number of hydrogen-bond donors (Lipinski definition) is 1. The highest BCUT2D eigenvalue weighted by Gasteiger charge is 2.06. The lowest BCUT2D eigenvalue weighted by Crippen LogP contribution is -2.20. The molecule has 1 aromatic heterocycles. The van der Waals surface area contributed by atoms with Crippen LogP contribution in [0.1, 0.15) is 25.0 Å². The molecule has 0 bridgehead atoms. The van der Waals surface area contributed by atoms with Crippen molar-refractivity contribution in [1.82, 2.24) is 10.3 Å². The molecule has 0 saturated carbocycles. The molecular weight excluding hydrogens is 332 g/mol. The van der Waals surface area contributed by atoms with Crippen LogP contribution in [0.2, 0.25) is 0 Å². The van der Waals surface area contributed by atoms with Gasteiger partial charge in [-0.1, -0.05) is 12.1 Å². The van der Waals surface area contributed by atoms with Crippen LogP contribution in [0.3, 0.4) is 0 Å². The van der Waals surface area contributed by atoms with Gasteiger partial charge in [0.2, 0.25) is 11.8 Å². The Morgan fingerprint density at radius 3 is 2.69 bits per heavy atom. The molecule has 0 fully saturated rings. The van der Waals surface area contributed by atoms with Gasteiger partial charge in [-0.15, -0.1) is 0 Å². The van der Waals surface area contributed by atoms with Crippen molar-refractivity contribution < 1.29 is 19.0 Å². The summed E-state index contributed by atoms with van der Waals surface area (Å²) in [7, 11) is 1.59. The Morgan fingerprint density at radius 2 is 1.96 bits per heavy atom. The molecular formula is C20H24N2O4. The van der Waals surface area contributed by atoms with Crippen molar-refractivity contribution in [3.8, 4) is 17.4 Å². The zero-order chi connectivity index (χ0) is 18.8. The highest BCUT2D eigenvalue weighted by Crippen LogP contribution is 2.28. The van der Waals surface area contributed by atoms with Gasteiger partial charge in [0.05, 0.1) is 20.3 Å². The predicted octanol–water partition coefficient (Wildman–Crippen LogP) is 3.22. The third-order valence-corrected chi connectivity index (χ3v) is 3.50. The van der Waals surface area contributed by atoms with Gasteiger partial charge in [0, 0.05) is 24.4 Å². The minimum Gasteiger partial charge on any atom is -0.493 e. The van der Waals surface area contributed by atoms with E-state index in [4.69, 9.17) is 14.2 Å². The fourth-order valence-corrected chi connectivity index (χ4v) is 2.30. The minimum absolute atomic E-state index is 0.204. The summed E-state index contributed by atoms with van der Waals surface area (Å²) in [6.07, 6.45) is 4.87. The molecule has 2 rings (SSSR count). The molecule has 1 amide bonds. The Balaban J connectivity index is 1.98. The van der Waals surface area contributed by atoms with Crippen molar-refractivity contribution in [1.29, 1.82) is 0 Å². The van der Waals surface area contributed by atoms with Crippen LogP contribution in [0, 0.1) is 0 Å². The summed E-state index contributed by atoms with van der Waals surface area (Å²) < 4.78 is 16.2. The third-order valence-electron chi connectivity index (χ3n) is 3.50. The first-order valence-electron chi connectivity index (χ1n) is 8.51. The standard InChI is InChI=1S/C20H24N2O4/c1-4-25-18-13-15(8-10-17(18)24-3)9-11-19(23)22-14-16-7-6-12-21-20(16)26-5-2/h6-13H,4-5,14H2,1-3H3,(H,22,23)/b11-9+. The third kappa shape index (κ3) is 5.51. The van der Waals surface area contributed by atoms with Crippen molar-refractivity contribution >= 4 is 12.0 Å². The molecule has 0 aliphatic carbocycles. The van der Waals surface area contributed by atoms with E-state index in [2.05, 4.69) is 10.3 Å². The molecule has 0 aliphatic heterocycles. The maximum Gasteiger partial charge on any atom is 0.244 e. The van der Waals surface area contributed by atoms with Gasteiger partial charge in [-0.3, -0.25) is 4.79 Å². The zero-order valence-electron chi connectivity index (χ0n) is 15.3. The fraction of sp³-hybridized carbons (Fsp3) is 0.300. The number of amides is 1. The number of benzene rings is 1. The van der Waals surface area contributed by atoms with E-state index in [1.165, 1.54) is 6.08 Å². The largest absolute Gasteiger partial charge is 0.493 e. The number of ether oxygens (including phenoxy) is 3. The number of methoxy groups -OCH3 is 1. The molecule has 2 aromatic rings. The Bertz CT molecular complexity index is 759. The van der Waals surface area contributed by atoms with Gasteiger partial charge in [-0.05, 0) is 43.7 Å². The van der Waals surface area contributed by atoms with E-state index in [1.807, 2.05) is 44.2 Å². The molecule has 0 unspecified atom stereocenters. The summed E-state index contributed by atoms with van der Waals surface area (Å²) in [4.78, 5) is 16.2. The maximum absolute atomic E-state index is 12.1. The molecule has 0 saturated heterocycles. The number of hydrogen-bond acceptors (Lipinski definition) is 5. The van der Waals surface area contributed by atoms with Crippen molar-refractivity contribution in [2.24, 2.45) is 0 Å². The van der Waals surface area contributed by atoms with Gasteiger partial charge < -0.3 is 19.5 Å². The second-order valence-corrected chi connectivity index (χ2v) is 5.30. The topological polar surface area (TPSA) is 69.7 Å². The summed E-state index contributed by atoms with van der Waals surface area (Å²) in [6.45, 7) is 5.21. The number of pyridine rings is 1. The zero-order valence-corrected chi connectivity index (χ0v) is 15.3. The number of nitrogens with zero attached hydrogens (tertiary/aromatic N) is 1. The predicted molar refractivity (Wildman–Crippen MR) is 100 cm³/mol. The Hall–Kier alpha value is -3.02. The Kier molecular flexibility index (Phi) is 7.49. The molecule has 1 N–H and O–H groups in total. The quantitative estimate of drug-likeness (QED) is 0.699. The molecule has 6 heteroatoms. The van der Waals surface area contributed by atoms with Crippen LogP contribution in [0.15, 0.2) is 42.6 Å². The van der Waals surface area contributed by atoms with E-state index >= 15 is 0 Å². The summed E-state index contributed by atoms with van der Waals surface area (Å²) >= 11 is 0. The lowest BCUT2D eigenvalue weighted by Gasteiger charge is -2.10. The monoisotopic (exact) mass is 356 g/mol. The fourth-order valence-electron chi connectivity index (χ4n) is 2.30. The molecule has 26 heavy (non-hydrogen) atoms. The second kappa shape index (κ2) is 10.1. The first-order valence-corrected chi connectivity index (χ1v) is 8.51. The van der Waals surface area contributed by atoms with Crippen molar-refractivity contribution in [3.05, 3.63) is 53.7 Å². The van der Waals surface area contributed by atoms with Gasteiger partial charge >= 0.3 is 0 Å². The summed E-state index contributed by atoms with van der Waals surface area (Å²) in [5.74, 6) is 1.64. The van der Waals surface area contributed by atoms with E-state index in [0.29, 0.717) is 37.1 Å². The molecule has 6 nitrogen and oxygen atoms in total. The molecule has 0 spiro atoms. The van der Waals surface area contributed by atoms with Crippen molar-refractivity contribution in [3.63, 3.8) is 0 Å². The highest BCUT2D eigenvalue weighted by molar-refractivity contribution is 5.91. The van der Waals surface area contributed by atoms with Crippen LogP contribution in [0.5, 0.6) is 17.4 Å². The molecule has 1 aromatic carbocycles. The van der Waals surface area contributed by atoms with Gasteiger partial charge in [-0.2, -0.15) is 0 Å². The second-order valence-electron chi connectivity index (χ2n) is 5.30. The number of carbonyl (C=O) groups excluding carboxylic acids is 1. The van der Waals surface area contributed by atoms with E-state index in [-0.39, 0.29) is 5.91 Å². The lowest BCUT2D eigenvalue weighted by atomic mass is 10.2. The summed E-state index contributed by atoms with van der Waals surface area (Å²) in [5, 5.41) is 2.83. The number of rotatable bonds is 9. The minimum atomic E-state index is -0.204. The molecule has 0 atom stereocenters. The van der Waals surface area contributed by atoms with Crippen LogP contribution in [0.4, 0.5) is 0 Å². The first-order chi connectivity index (χ1) is 12.7. The molecule has 1 heterocycles. The number of nitrogens with one attached hydrogen (secondary N) is 1. The average molecular weight is 356 g/mol. The van der Waals surface area contributed by atoms with Crippen LogP contribution in [0.25, 0.3) is 6.08 Å². The summed E-state index contributed by atoms with van der Waals surface area (Å²) in [6, 6.07) is 9.19. The molecule has 0 radical (unpaired) electrons. The Morgan fingerprint density at radius 1 is 1.15 bits per heavy atom. The van der Waals surface area contributed by atoms with E-state index in [9.17, 15) is 4.79 Å². The van der Waals surface area contributed by atoms with Crippen molar-refractivity contribution in [2.75, 3.05) is 20.3 Å². The van der Waals surface area contributed by atoms with E-state index in [1.54, 1.807) is 19.4 Å². The maximum atomic E-state index is 12.1. The van der Waals surface area contributed by atoms with Gasteiger partial charge in [0.1, 0.15) is 0 Å². The van der Waals surface area contributed by atoms with Gasteiger partial charge in [0.25, 0.3) is 0 Å². The van der Waals surface area contributed by atoms with Crippen LogP contribution < -0.4 is 19.5 Å². The van der Waals surface area contributed by atoms with Crippen LogP contribution in [-0.2, 0) is 11.3 Å². The van der Waals surface area contributed by atoms with Crippen LogP contribution >= 0.6 is 0 Å². The van der Waals surface area contributed by atoms with Crippen LogP contribution in [-0.4, -0.2) is 31.2 Å². The van der Waals surface area contributed by atoms with Gasteiger partial charge in [-0.25, -0.2) is 4.98 Å². The first kappa shape index (κ1) is 19.3. The lowest BCUT2D eigenvalue weighted by molar-refractivity contribution is -0.116.